The van der Waals surface area contributed by atoms with E-state index in [0.717, 1.165) is 56.1 Å². The van der Waals surface area contributed by atoms with Gasteiger partial charge in [0, 0.05) is 39.9 Å². The van der Waals surface area contributed by atoms with E-state index in [1.54, 1.807) is 0 Å². The second-order valence-electron chi connectivity index (χ2n) is 19.8. The highest BCUT2D eigenvalue weighted by Gasteiger charge is 2.37. The van der Waals surface area contributed by atoms with E-state index in [0.29, 0.717) is 0 Å². The Hall–Kier alpha value is -7.54. The number of pyridine rings is 1. The molecule has 360 valence electrons. The molecule has 0 saturated heterocycles. The number of hydrogen-bond acceptors (Lipinski definition) is 5. The quantitative estimate of drug-likeness (QED) is 0.0816. The number of halogens is 3. The van der Waals surface area contributed by atoms with Crippen LogP contribution in [0.25, 0.3) is 50.0 Å². The van der Waals surface area contributed by atoms with Gasteiger partial charge in [0.25, 0.3) is 6.33 Å². The summed E-state index contributed by atoms with van der Waals surface area (Å²) in [6, 6.07) is 65.1. The van der Waals surface area contributed by atoms with Gasteiger partial charge in [-0.25, -0.2) is 13.4 Å². The maximum absolute atomic E-state index is 10.7. The number of alkyl halides is 3. The average Bonchev–Trinajstić information content (AvgIpc) is 3.90. The molecule has 3 aromatic heterocycles. The van der Waals surface area contributed by atoms with Crippen LogP contribution < -0.4 is 9.30 Å². The van der Waals surface area contributed by atoms with Gasteiger partial charge < -0.3 is 9.29 Å². The lowest BCUT2D eigenvalue weighted by Crippen LogP contribution is -2.32. The molecule has 0 aliphatic heterocycles. The fourth-order valence-corrected chi connectivity index (χ4v) is 9.14. The first-order valence-electron chi connectivity index (χ1n) is 23.2. The lowest BCUT2D eigenvalue weighted by atomic mass is 9.73. The Bertz CT molecular complexity index is 3620. The van der Waals surface area contributed by atoms with E-state index in [-0.39, 0.29) is 16.2 Å². The number of fused-ring (bicyclic) bond motifs is 4. The number of aromatic nitrogens is 4. The average molecular weight is 971 g/mol. The number of hydrogen-bond donors (Lipinski definition) is 0. The zero-order valence-electron chi connectivity index (χ0n) is 40.4. The van der Waals surface area contributed by atoms with Crippen molar-refractivity contribution in [2.24, 2.45) is 0 Å². The summed E-state index contributed by atoms with van der Waals surface area (Å²) in [5.41, 5.74) is 6.68. The molecule has 0 atom stereocenters. The van der Waals surface area contributed by atoms with Gasteiger partial charge in [-0.1, -0.05) is 152 Å². The molecule has 10 aromatic rings. The van der Waals surface area contributed by atoms with Crippen molar-refractivity contribution in [1.29, 1.82) is 0 Å². The first kappa shape index (κ1) is 48.5. The Morgan fingerprint density at radius 2 is 1.08 bits per heavy atom. The van der Waals surface area contributed by atoms with E-state index >= 15 is 0 Å². The van der Waals surface area contributed by atoms with Gasteiger partial charge in [-0.15, -0.1) is 0 Å². The minimum absolute atomic E-state index is 0.00833. The van der Waals surface area contributed by atoms with Crippen molar-refractivity contribution in [3.63, 3.8) is 0 Å². The minimum atomic E-state index is -6.09. The topological polar surface area (TPSA) is 93.1 Å². The van der Waals surface area contributed by atoms with E-state index in [1.807, 2.05) is 12.3 Å². The van der Waals surface area contributed by atoms with Gasteiger partial charge in [0.1, 0.15) is 28.7 Å². The fraction of sp³-hybridized carbons (Fsp3) is 0.186. The predicted octanol–water partition coefficient (Wildman–Crippen LogP) is 14.2. The molecule has 3 heterocycles. The minimum Gasteiger partial charge on any atom is -0.741 e. The Balaban J connectivity index is 0.000000720. The van der Waals surface area contributed by atoms with Crippen LogP contribution in [0.4, 0.5) is 13.2 Å². The first-order chi connectivity index (χ1) is 33.6. The monoisotopic (exact) mass is 970 g/mol. The standard InChI is InChI=1S/C58H53N4O.CHF3O3S/c1-56(2,3)42-31-32-59-55(36-42)62-51-26-15-14-25-49(51)50-30-29-48(38-54(50)62)63-47-24-18-23-45(37-47)60-39-61(53-28-17-16-27-52(53)60)46-34-43(57(4,5)40-19-10-8-11-20-40)33-44(35-46)58(6,7)41-21-12-9-13-22-41;2-1(3,4)8(5,6)7/h8-39H,1-7H3;(H,5,6,7)/q+1;/p-1. The summed E-state index contributed by atoms with van der Waals surface area (Å²) >= 11 is 0. The number of nitrogens with zero attached hydrogens (tertiary/aromatic N) is 4. The fourth-order valence-electron chi connectivity index (χ4n) is 9.14. The summed E-state index contributed by atoms with van der Waals surface area (Å²) in [5, 5.41) is 2.34. The van der Waals surface area contributed by atoms with Crippen molar-refractivity contribution in [3.8, 4) is 28.7 Å². The van der Waals surface area contributed by atoms with Crippen molar-refractivity contribution in [1.82, 2.24) is 14.1 Å². The lowest BCUT2D eigenvalue weighted by Gasteiger charge is -2.31. The lowest BCUT2D eigenvalue weighted by molar-refractivity contribution is -0.567. The second-order valence-corrected chi connectivity index (χ2v) is 21.1. The Morgan fingerprint density at radius 3 is 1.69 bits per heavy atom. The van der Waals surface area contributed by atoms with E-state index < -0.39 is 15.6 Å². The van der Waals surface area contributed by atoms with E-state index in [4.69, 9.17) is 22.7 Å². The van der Waals surface area contributed by atoms with Gasteiger partial charge in [-0.3, -0.25) is 4.57 Å². The van der Waals surface area contributed by atoms with Crippen LogP contribution in [-0.4, -0.2) is 32.6 Å². The normalized spacial score (nSPS) is 12.5. The van der Waals surface area contributed by atoms with Crippen molar-refractivity contribution in [3.05, 3.63) is 222 Å². The molecule has 12 heteroatoms. The van der Waals surface area contributed by atoms with Gasteiger partial charge in [0.15, 0.2) is 21.2 Å². The maximum Gasteiger partial charge on any atom is 0.485 e. The molecule has 7 aromatic carbocycles. The summed E-state index contributed by atoms with van der Waals surface area (Å²) in [4.78, 5) is 4.88. The SMILES string of the molecule is CC(C)(C)c1ccnc(-n2c3ccccc3c3ccc(Oc4cccc(-n5c[n+](-c6cc(C(C)(C)c7ccccc7)cc(C(C)(C)c7ccccc7)c6)c6ccccc65)c4)cc32)c1.O=S(=O)([O-])C(F)(F)F. The van der Waals surface area contributed by atoms with Crippen LogP contribution in [0, 0.1) is 0 Å². The molecule has 0 aliphatic rings. The number of benzene rings is 7. The molecule has 0 amide bonds. The van der Waals surface area contributed by atoms with Gasteiger partial charge in [0.2, 0.25) is 0 Å². The number of rotatable bonds is 9. The van der Waals surface area contributed by atoms with Crippen molar-refractivity contribution < 1.29 is 35.4 Å². The summed E-state index contributed by atoms with van der Waals surface area (Å²) in [5.74, 6) is 2.41. The largest absolute Gasteiger partial charge is 0.741 e. The molecule has 0 aliphatic carbocycles. The van der Waals surface area contributed by atoms with E-state index in [2.05, 4.69) is 244 Å². The van der Waals surface area contributed by atoms with Gasteiger partial charge in [-0.2, -0.15) is 22.3 Å². The van der Waals surface area contributed by atoms with Crippen LogP contribution in [0.2, 0.25) is 0 Å². The van der Waals surface area contributed by atoms with Crippen LogP contribution in [-0.2, 0) is 26.4 Å². The third kappa shape index (κ3) is 9.57. The summed E-state index contributed by atoms with van der Waals surface area (Å²) in [6.45, 7) is 16.0. The van der Waals surface area contributed by atoms with Crippen LogP contribution in [0.5, 0.6) is 11.5 Å². The molecule has 0 fully saturated rings. The van der Waals surface area contributed by atoms with Gasteiger partial charge in [-0.05, 0) is 100.0 Å². The van der Waals surface area contributed by atoms with Gasteiger partial charge in [0.05, 0.1) is 11.0 Å². The first-order valence-corrected chi connectivity index (χ1v) is 24.6. The molecule has 0 spiro atoms. The summed E-state index contributed by atoms with van der Waals surface area (Å²) in [7, 11) is -6.09. The summed E-state index contributed by atoms with van der Waals surface area (Å²) in [6.07, 6.45) is 4.14. The highest BCUT2D eigenvalue weighted by molar-refractivity contribution is 7.86. The molecular formula is C59H53F3N4O4S. The highest BCUT2D eigenvalue weighted by atomic mass is 32.2. The van der Waals surface area contributed by atoms with Crippen molar-refractivity contribution in [2.45, 2.75) is 70.2 Å². The third-order valence-electron chi connectivity index (χ3n) is 13.4. The molecule has 0 saturated carbocycles. The van der Waals surface area contributed by atoms with Crippen LogP contribution in [0.3, 0.4) is 0 Å². The maximum atomic E-state index is 10.7. The predicted molar refractivity (Wildman–Crippen MR) is 275 cm³/mol. The van der Waals surface area contributed by atoms with Crippen molar-refractivity contribution >= 4 is 43.0 Å². The van der Waals surface area contributed by atoms with Crippen LogP contribution in [0.1, 0.15) is 76.3 Å². The Morgan fingerprint density at radius 1 is 0.535 bits per heavy atom. The molecule has 10 rings (SSSR count). The zero-order valence-corrected chi connectivity index (χ0v) is 41.3. The second kappa shape index (κ2) is 18.3. The molecule has 71 heavy (non-hydrogen) atoms. The smallest absolute Gasteiger partial charge is 0.485 e. The summed E-state index contributed by atoms with van der Waals surface area (Å²) < 4.78 is 72.5. The van der Waals surface area contributed by atoms with Gasteiger partial charge >= 0.3 is 5.51 Å². The van der Waals surface area contributed by atoms with E-state index in [9.17, 15) is 13.2 Å². The molecule has 8 nitrogen and oxygen atoms in total. The highest BCUT2D eigenvalue weighted by Crippen LogP contribution is 2.40. The molecule has 0 unspecified atom stereocenters. The zero-order chi connectivity index (χ0) is 50.5. The molecule has 0 bridgehead atoms. The molecule has 0 N–H and O–H groups in total. The molecular weight excluding hydrogens is 918 g/mol. The van der Waals surface area contributed by atoms with E-state index in [1.165, 1.54) is 33.2 Å². The van der Waals surface area contributed by atoms with Crippen LogP contribution in [0.15, 0.2) is 195 Å². The number of para-hydroxylation sites is 3. The third-order valence-corrected chi connectivity index (χ3v) is 13.9. The van der Waals surface area contributed by atoms with Crippen LogP contribution >= 0.6 is 0 Å². The Kier molecular flexibility index (Phi) is 12.5. The number of ether oxygens (including phenoxy) is 1. The Labute approximate surface area is 412 Å². The number of imidazole rings is 1. The molecule has 0 radical (unpaired) electrons. The van der Waals surface area contributed by atoms with Crippen molar-refractivity contribution in [2.75, 3.05) is 0 Å².